The van der Waals surface area contributed by atoms with Crippen molar-refractivity contribution in [2.24, 2.45) is 10.8 Å². The number of carbonyl (C=O) groups is 4. The van der Waals surface area contributed by atoms with Crippen molar-refractivity contribution in [3.05, 3.63) is 90.1 Å². The molecule has 0 aliphatic carbocycles. The number of hydrogen-bond acceptors (Lipinski definition) is 14. The summed E-state index contributed by atoms with van der Waals surface area (Å²) in [5.74, 6) is -3.94. The van der Waals surface area contributed by atoms with Crippen molar-refractivity contribution in [2.75, 3.05) is 86.8 Å². The predicted octanol–water partition coefficient (Wildman–Crippen LogP) is 4.29. The van der Waals surface area contributed by atoms with Crippen molar-refractivity contribution in [3.63, 3.8) is 0 Å². The van der Waals surface area contributed by atoms with Crippen molar-refractivity contribution in [1.29, 1.82) is 0 Å². The third-order valence-corrected chi connectivity index (χ3v) is 8.92. The maximum atomic E-state index is 15.1. The van der Waals surface area contributed by atoms with E-state index in [1.807, 2.05) is 5.43 Å². The van der Waals surface area contributed by atoms with E-state index in [4.69, 9.17) is 53.1 Å². The Bertz CT molecular complexity index is 2510. The first kappa shape index (κ1) is 31.7. The number of hydrogen-bond donors (Lipinski definition) is 5. The summed E-state index contributed by atoms with van der Waals surface area (Å²) in [5.41, 5.74) is -5.87. The van der Waals surface area contributed by atoms with E-state index >= 15 is 4.79 Å². The summed E-state index contributed by atoms with van der Waals surface area (Å²) in [7, 11) is 2.26. The first-order chi connectivity index (χ1) is 39.8. The van der Waals surface area contributed by atoms with Crippen LogP contribution < -0.4 is 21.4 Å². The average Bonchev–Trinajstić information content (AvgIpc) is 0.721. The van der Waals surface area contributed by atoms with Crippen LogP contribution in [0.25, 0.3) is 11.3 Å². The molecule has 66 heavy (non-hydrogen) atoms. The topological polar surface area (TPSA) is 217 Å². The van der Waals surface area contributed by atoms with Crippen LogP contribution in [0.3, 0.4) is 0 Å². The second kappa shape index (κ2) is 29.4. The molecule has 4 amide bonds. The molecule has 0 saturated heterocycles. The van der Waals surface area contributed by atoms with E-state index in [2.05, 4.69) is 15.0 Å². The van der Waals surface area contributed by atoms with Gasteiger partial charge in [-0.05, 0) is 40.5 Å². The van der Waals surface area contributed by atoms with Crippen LogP contribution in [0.5, 0.6) is 0 Å². The lowest BCUT2D eigenvalue weighted by atomic mass is 9.85. The highest BCUT2D eigenvalue weighted by Gasteiger charge is 2.37. The third kappa shape index (κ3) is 21.4. The number of nitrogens with zero attached hydrogens (tertiary/aromatic N) is 2. The van der Waals surface area contributed by atoms with Crippen LogP contribution in [0, 0.1) is 10.8 Å². The molecule has 18 nitrogen and oxygen atoms in total. The van der Waals surface area contributed by atoms with Gasteiger partial charge in [0, 0.05) is 56.6 Å². The predicted molar refractivity (Wildman–Crippen MR) is 248 cm³/mol. The van der Waals surface area contributed by atoms with Gasteiger partial charge in [0.2, 0.25) is 5.91 Å². The van der Waals surface area contributed by atoms with E-state index in [1.54, 1.807) is 34.9 Å². The molecule has 5 N–H and O–H groups in total. The first-order valence-electron chi connectivity index (χ1n) is 30.5. The Morgan fingerprint density at radius 3 is 1.76 bits per heavy atom. The quantitative estimate of drug-likeness (QED) is 0.0485. The summed E-state index contributed by atoms with van der Waals surface area (Å²) in [6.45, 7) is -29.1. The summed E-state index contributed by atoms with van der Waals surface area (Å²) in [6, 6.07) is 8.93. The molecule has 4 atom stereocenters. The van der Waals surface area contributed by atoms with Crippen LogP contribution >= 0.6 is 0 Å². The van der Waals surface area contributed by atoms with Gasteiger partial charge in [0.1, 0.15) is 18.7 Å². The molecule has 3 rings (SSSR count). The van der Waals surface area contributed by atoms with Gasteiger partial charge < -0.3 is 54.2 Å². The molecule has 0 radical (unpaired) electrons. The van der Waals surface area contributed by atoms with E-state index < -0.39 is 132 Å². The van der Waals surface area contributed by atoms with E-state index in [9.17, 15) is 22.2 Å². The number of hydrazine groups is 1. The van der Waals surface area contributed by atoms with Crippen molar-refractivity contribution in [3.8, 4) is 11.3 Å². The fourth-order valence-electron chi connectivity index (χ4n) is 5.63. The summed E-state index contributed by atoms with van der Waals surface area (Å²) in [4.78, 5) is 60.5. The number of aliphatic hydroxyl groups is 1. The summed E-state index contributed by atoms with van der Waals surface area (Å²) in [6.07, 6.45) is -4.99. The van der Waals surface area contributed by atoms with Crippen molar-refractivity contribution < 1.29 is 84.9 Å². The number of rotatable bonds is 29. The first-order valence-corrected chi connectivity index (χ1v) is 20.5. The lowest BCUT2D eigenvalue weighted by molar-refractivity contribution is -0.132. The molecular formula is C48H72N6O12. The van der Waals surface area contributed by atoms with Gasteiger partial charge in [-0.2, -0.15) is 0 Å². The number of alkyl carbamates (subject to hydrolysis) is 2. The van der Waals surface area contributed by atoms with Gasteiger partial charge in [-0.25, -0.2) is 14.6 Å². The van der Waals surface area contributed by atoms with E-state index in [1.165, 1.54) is 49.7 Å². The van der Waals surface area contributed by atoms with Gasteiger partial charge >= 0.3 is 12.2 Å². The number of benzene rings is 2. The Kier molecular flexibility index (Phi) is 14.1. The number of methoxy groups -OCH3 is 2. The van der Waals surface area contributed by atoms with Gasteiger partial charge in [0.15, 0.2) is 0 Å². The van der Waals surface area contributed by atoms with Crippen LogP contribution in [0.2, 0.25) is 0 Å². The molecule has 3 aromatic rings. The molecule has 2 aromatic carbocycles. The monoisotopic (exact) mass is 945 g/mol. The summed E-state index contributed by atoms with van der Waals surface area (Å²) in [5, 5.41) is 18.2. The minimum atomic E-state index is -4.28. The average molecular weight is 945 g/mol. The Morgan fingerprint density at radius 2 is 1.21 bits per heavy atom. The van der Waals surface area contributed by atoms with Gasteiger partial charge in [0.05, 0.1) is 87.2 Å². The number of ether oxygens (including phenoxy) is 7. The maximum absolute atomic E-state index is 15.1. The molecule has 0 bridgehead atoms. The minimum absolute atomic E-state index is 0.0283. The zero-order chi connectivity index (χ0) is 65.2. The Hall–Kier alpha value is -5.21. The summed E-state index contributed by atoms with van der Waals surface area (Å²) < 4.78 is 205. The molecule has 18 heteroatoms. The second-order valence-electron chi connectivity index (χ2n) is 14.2. The highest BCUT2D eigenvalue weighted by molar-refractivity contribution is 5.87. The molecule has 0 unspecified atom stereocenters. The number of nitrogens with one attached hydrogen (secondary N) is 4. The molecule has 0 saturated carbocycles. The number of carbonyl (C=O) groups excluding carboxylic acids is 4. The molecule has 366 valence electrons. The zero-order valence-corrected chi connectivity index (χ0v) is 36.6. The number of aromatic nitrogens is 1. The lowest BCUT2D eigenvalue weighted by Gasteiger charge is -2.35. The van der Waals surface area contributed by atoms with Crippen molar-refractivity contribution >= 4 is 24.0 Å². The molecular weight excluding hydrogens is 853 g/mol. The highest BCUT2D eigenvalue weighted by Crippen LogP contribution is 2.23. The molecule has 1 aromatic heterocycles. The van der Waals surface area contributed by atoms with Gasteiger partial charge in [0.25, 0.3) is 5.91 Å². The Balaban J connectivity index is 2.20. The fourth-order valence-corrected chi connectivity index (χ4v) is 5.63. The molecule has 0 fully saturated rings. The normalized spacial score (nSPS) is 19.4. The maximum Gasteiger partial charge on any atom is 0.407 e. The second-order valence-corrected chi connectivity index (χ2v) is 14.2. The van der Waals surface area contributed by atoms with Gasteiger partial charge in [-0.15, -0.1) is 0 Å². The Labute approximate surface area is 417 Å². The van der Waals surface area contributed by atoms with E-state index in [0.717, 1.165) is 19.2 Å². The number of amides is 4. The van der Waals surface area contributed by atoms with Crippen LogP contribution in [-0.4, -0.2) is 150 Å². The van der Waals surface area contributed by atoms with E-state index in [0.29, 0.717) is 37.7 Å². The van der Waals surface area contributed by atoms with Crippen LogP contribution in [-0.2, 0) is 55.7 Å². The number of pyridine rings is 1. The standard InChI is InChI=1S/C48H72N6O12/c1-47(2,3)41(51-45(58)61-8)43(56)50-39(32-35-14-10-9-11-15-35)40(55)34-54(33-36-17-19-37(20-18-36)38-16-12-13-21-49-38)53-44(57)42(48(4,5)6)52-46(59)66-31-30-65-29-28-64-27-26-63-25-24-62-23-22-60-7/h9-21,39-42,55H,22-34H2,1-8H3,(H,50,56)(H,51,58)(H,52,59)(H,53,57)/t39-,40-,41+,42+/m0/s1/i1D3,2D3,3D3,4D3,5D3,6D3,33D2. The lowest BCUT2D eigenvalue weighted by Crippen LogP contribution is -2.61. The summed E-state index contributed by atoms with van der Waals surface area (Å²) >= 11 is 0. The van der Waals surface area contributed by atoms with Crippen LogP contribution in [0.15, 0.2) is 79.0 Å². The van der Waals surface area contributed by atoms with Crippen molar-refractivity contribution in [1.82, 2.24) is 31.4 Å². The molecule has 0 spiro atoms. The number of aliphatic hydroxyl groups excluding tert-OH is 1. The van der Waals surface area contributed by atoms with Crippen LogP contribution in [0.1, 0.15) is 79.7 Å². The Morgan fingerprint density at radius 1 is 0.667 bits per heavy atom. The fraction of sp³-hybridized carbons (Fsp3) is 0.562. The molecule has 1 heterocycles. The molecule has 0 aliphatic heterocycles. The third-order valence-electron chi connectivity index (χ3n) is 8.92. The highest BCUT2D eigenvalue weighted by atomic mass is 16.6. The van der Waals surface area contributed by atoms with E-state index in [-0.39, 0.29) is 43.6 Å². The van der Waals surface area contributed by atoms with Crippen molar-refractivity contribution in [2.45, 2.75) is 78.3 Å². The molecule has 0 aliphatic rings. The van der Waals surface area contributed by atoms with Gasteiger partial charge in [-0.1, -0.05) is 102 Å². The minimum Gasteiger partial charge on any atom is -0.453 e. The SMILES string of the molecule is [2H]C([2H])(c1ccc(-c2ccccn2)cc1)N(C[C@H](O)[C@H](Cc1ccccc1)NC(=O)[C@@H](NC(=O)OC)C(C([2H])([2H])[2H])(C([2H])([2H])[2H])C([2H])([2H])[2H])NC(=O)[C@@H](NC(=O)OCCOCCOCCOCCOCCOC)C(C([2H])([2H])[2H])(C([2H])([2H])[2H])C([2H])([2H])[2H]. The smallest absolute Gasteiger partial charge is 0.407 e. The van der Waals surface area contributed by atoms with Gasteiger partial charge in [-0.3, -0.25) is 20.0 Å². The zero-order valence-electron chi connectivity index (χ0n) is 56.6. The largest absolute Gasteiger partial charge is 0.453 e. The van der Waals surface area contributed by atoms with Crippen LogP contribution in [0.4, 0.5) is 9.59 Å².